The third kappa shape index (κ3) is 4.77. The van der Waals surface area contributed by atoms with Crippen LogP contribution in [0, 0.1) is 0 Å². The molecule has 1 aromatic rings. The Morgan fingerprint density at radius 2 is 2.19 bits per heavy atom. The molecule has 1 fully saturated rings. The van der Waals surface area contributed by atoms with Gasteiger partial charge in [0, 0.05) is 18.5 Å². The Bertz CT molecular complexity index is 666. The Hall–Kier alpha value is -2.04. The van der Waals surface area contributed by atoms with Gasteiger partial charge in [-0.25, -0.2) is 4.79 Å². The first-order valence-electron chi connectivity index (χ1n) is 8.54. The van der Waals surface area contributed by atoms with Crippen molar-refractivity contribution in [1.29, 1.82) is 0 Å². The van der Waals surface area contributed by atoms with E-state index in [9.17, 15) is 9.59 Å². The van der Waals surface area contributed by atoms with Gasteiger partial charge in [0.05, 0.1) is 32.3 Å². The van der Waals surface area contributed by atoms with Crippen LogP contribution in [-0.4, -0.2) is 55.6 Å². The number of nitrogens with zero attached hydrogens (tertiary/aromatic N) is 2. The predicted molar refractivity (Wildman–Crippen MR) is 109 cm³/mol. The van der Waals surface area contributed by atoms with Crippen LogP contribution in [0.2, 0.25) is 0 Å². The van der Waals surface area contributed by atoms with Crippen molar-refractivity contribution in [3.63, 3.8) is 0 Å². The molecule has 1 unspecified atom stereocenters. The second kappa shape index (κ2) is 9.60. The van der Waals surface area contributed by atoms with Gasteiger partial charge in [-0.15, -0.1) is 24.0 Å². The summed E-state index contributed by atoms with van der Waals surface area (Å²) in [6, 6.07) is 7.71. The average Bonchev–Trinajstić information content (AvgIpc) is 2.94. The van der Waals surface area contributed by atoms with Gasteiger partial charge < -0.3 is 20.7 Å². The van der Waals surface area contributed by atoms with Gasteiger partial charge in [-0.1, -0.05) is 18.2 Å². The number of amides is 3. The summed E-state index contributed by atoms with van der Waals surface area (Å²) in [7, 11) is 0. The number of carbonyl (C=O) groups excluding carboxylic acids is 2. The molecule has 1 atom stereocenters. The van der Waals surface area contributed by atoms with Crippen molar-refractivity contribution < 1.29 is 14.3 Å². The lowest BCUT2D eigenvalue weighted by molar-refractivity contribution is -0.124. The third-order valence-corrected chi connectivity index (χ3v) is 4.14. The fraction of sp³-hybridized carbons (Fsp3) is 0.471. The zero-order chi connectivity index (χ0) is 17.6. The molecule has 0 radical (unpaired) electrons. The minimum Gasteiger partial charge on any atom is -0.493 e. The molecule has 1 saturated heterocycles. The quantitative estimate of drug-likeness (QED) is 0.259. The topological polar surface area (TPSA) is 95.1 Å². The molecule has 0 aromatic heterocycles. The fourth-order valence-electron chi connectivity index (χ4n) is 2.92. The van der Waals surface area contributed by atoms with Crippen LogP contribution in [-0.2, 0) is 4.79 Å². The van der Waals surface area contributed by atoms with Crippen LogP contribution in [0.1, 0.15) is 24.9 Å². The summed E-state index contributed by atoms with van der Waals surface area (Å²) in [5, 5.41) is 9.12. The highest BCUT2D eigenvalue weighted by atomic mass is 127. The van der Waals surface area contributed by atoms with Crippen molar-refractivity contribution in [1.82, 2.24) is 20.9 Å². The van der Waals surface area contributed by atoms with E-state index in [-0.39, 0.29) is 55.0 Å². The molecule has 2 aliphatic heterocycles. The van der Waals surface area contributed by atoms with Crippen LogP contribution in [0.3, 0.4) is 0 Å². The van der Waals surface area contributed by atoms with E-state index >= 15 is 0 Å². The van der Waals surface area contributed by atoms with Crippen molar-refractivity contribution in [3.05, 3.63) is 29.8 Å². The zero-order valence-corrected chi connectivity index (χ0v) is 17.0. The average molecular weight is 473 g/mol. The number of hydrogen-bond donors (Lipinski definition) is 3. The number of benzene rings is 1. The number of imide groups is 1. The van der Waals surface area contributed by atoms with E-state index in [0.29, 0.717) is 19.1 Å². The standard InChI is InChI=1S/C17H23N5O3.HI/c1-2-18-16(19-8-9-22-15(23)11-20-17(22)24)21-13-7-10-25-14-6-4-3-5-12(13)14;/h3-6,13H,2,7-11H2,1H3,(H,20,24)(H2,18,19,21);1H. The number of halogens is 1. The van der Waals surface area contributed by atoms with Crippen molar-refractivity contribution in [2.24, 2.45) is 4.99 Å². The van der Waals surface area contributed by atoms with Crippen molar-refractivity contribution in [3.8, 4) is 5.75 Å². The van der Waals surface area contributed by atoms with Crippen LogP contribution in [0.5, 0.6) is 5.75 Å². The first kappa shape index (κ1) is 20.3. The molecule has 0 aliphatic carbocycles. The van der Waals surface area contributed by atoms with E-state index in [1.165, 1.54) is 4.90 Å². The summed E-state index contributed by atoms with van der Waals surface area (Å²) in [5.74, 6) is 1.34. The summed E-state index contributed by atoms with van der Waals surface area (Å²) >= 11 is 0. The molecular formula is C17H24IN5O3. The van der Waals surface area contributed by atoms with Crippen molar-refractivity contribution in [2.75, 3.05) is 32.8 Å². The Balaban J connectivity index is 0.00000243. The number of urea groups is 1. The van der Waals surface area contributed by atoms with Gasteiger partial charge in [0.15, 0.2) is 5.96 Å². The molecule has 2 heterocycles. The summed E-state index contributed by atoms with van der Waals surface area (Å²) in [4.78, 5) is 28.8. The molecule has 26 heavy (non-hydrogen) atoms. The first-order chi connectivity index (χ1) is 12.2. The van der Waals surface area contributed by atoms with Crippen LogP contribution in [0.15, 0.2) is 29.3 Å². The third-order valence-electron chi connectivity index (χ3n) is 4.14. The lowest BCUT2D eigenvalue weighted by Crippen LogP contribution is -2.41. The fourth-order valence-corrected chi connectivity index (χ4v) is 2.92. The highest BCUT2D eigenvalue weighted by Crippen LogP contribution is 2.31. The van der Waals surface area contributed by atoms with E-state index in [2.05, 4.69) is 20.9 Å². The van der Waals surface area contributed by atoms with Gasteiger partial charge in [0.1, 0.15) is 5.75 Å². The minimum atomic E-state index is -0.350. The normalized spacial score (nSPS) is 19.2. The van der Waals surface area contributed by atoms with Gasteiger partial charge in [0.2, 0.25) is 5.91 Å². The summed E-state index contributed by atoms with van der Waals surface area (Å²) in [6.07, 6.45) is 0.842. The van der Waals surface area contributed by atoms with Crippen LogP contribution in [0.4, 0.5) is 4.79 Å². The number of ether oxygens (including phenoxy) is 1. The van der Waals surface area contributed by atoms with Gasteiger partial charge in [-0.05, 0) is 13.0 Å². The first-order valence-corrected chi connectivity index (χ1v) is 8.54. The number of fused-ring (bicyclic) bond motifs is 1. The molecule has 3 N–H and O–H groups in total. The van der Waals surface area contributed by atoms with E-state index in [4.69, 9.17) is 4.74 Å². The van der Waals surface area contributed by atoms with Crippen LogP contribution in [0.25, 0.3) is 0 Å². The predicted octanol–water partition coefficient (Wildman–Crippen LogP) is 1.24. The number of guanidine groups is 1. The number of aliphatic imine (C=N–C) groups is 1. The molecule has 3 amide bonds. The Morgan fingerprint density at radius 3 is 2.92 bits per heavy atom. The summed E-state index contributed by atoms with van der Waals surface area (Å²) in [5.41, 5.74) is 1.11. The van der Waals surface area contributed by atoms with Gasteiger partial charge in [-0.2, -0.15) is 0 Å². The lowest BCUT2D eigenvalue weighted by atomic mass is 10.0. The van der Waals surface area contributed by atoms with Crippen molar-refractivity contribution in [2.45, 2.75) is 19.4 Å². The highest BCUT2D eigenvalue weighted by molar-refractivity contribution is 14.0. The number of hydrogen-bond acceptors (Lipinski definition) is 4. The molecule has 9 heteroatoms. The summed E-state index contributed by atoms with van der Waals surface area (Å²) < 4.78 is 5.68. The molecule has 0 saturated carbocycles. The molecule has 142 valence electrons. The zero-order valence-electron chi connectivity index (χ0n) is 14.7. The Labute approximate surface area is 169 Å². The van der Waals surface area contributed by atoms with E-state index < -0.39 is 0 Å². The molecular weight excluding hydrogens is 449 g/mol. The molecule has 0 spiro atoms. The molecule has 8 nitrogen and oxygen atoms in total. The van der Waals surface area contributed by atoms with E-state index in [1.807, 2.05) is 31.2 Å². The SMILES string of the molecule is CCNC(=NCCN1C(=O)CNC1=O)NC1CCOc2ccccc21.I. The second-order valence-corrected chi connectivity index (χ2v) is 5.84. The largest absolute Gasteiger partial charge is 0.493 e. The van der Waals surface area contributed by atoms with Gasteiger partial charge in [0.25, 0.3) is 0 Å². The van der Waals surface area contributed by atoms with Crippen LogP contribution < -0.4 is 20.7 Å². The monoisotopic (exact) mass is 473 g/mol. The Kier molecular flexibility index (Phi) is 7.49. The van der Waals surface area contributed by atoms with Gasteiger partial charge in [-0.3, -0.25) is 14.7 Å². The number of para-hydroxylation sites is 1. The minimum absolute atomic E-state index is 0. The smallest absolute Gasteiger partial charge is 0.324 e. The number of nitrogens with one attached hydrogen (secondary N) is 3. The van der Waals surface area contributed by atoms with E-state index in [1.54, 1.807) is 0 Å². The molecule has 2 aliphatic rings. The maximum absolute atomic E-state index is 11.6. The van der Waals surface area contributed by atoms with Crippen LogP contribution >= 0.6 is 24.0 Å². The molecule has 1 aromatic carbocycles. The maximum Gasteiger partial charge on any atom is 0.324 e. The maximum atomic E-state index is 11.6. The lowest BCUT2D eigenvalue weighted by Gasteiger charge is -2.28. The second-order valence-electron chi connectivity index (χ2n) is 5.84. The highest BCUT2D eigenvalue weighted by Gasteiger charge is 2.27. The molecule has 3 rings (SSSR count). The van der Waals surface area contributed by atoms with E-state index in [0.717, 1.165) is 24.3 Å². The van der Waals surface area contributed by atoms with Crippen molar-refractivity contribution >= 4 is 41.9 Å². The van der Waals surface area contributed by atoms with Gasteiger partial charge >= 0.3 is 6.03 Å². The number of rotatable bonds is 5. The Morgan fingerprint density at radius 1 is 1.38 bits per heavy atom. The molecule has 0 bridgehead atoms. The number of carbonyl (C=O) groups is 2. The summed E-state index contributed by atoms with van der Waals surface area (Å²) in [6.45, 7) is 4.05.